The zero-order chi connectivity index (χ0) is 15.7. The lowest BCUT2D eigenvalue weighted by Crippen LogP contribution is -2.29. The summed E-state index contributed by atoms with van der Waals surface area (Å²) in [5.41, 5.74) is 0. The van der Waals surface area contributed by atoms with Crippen LogP contribution in [-0.2, 0) is 10.0 Å². The summed E-state index contributed by atoms with van der Waals surface area (Å²) in [7, 11) is -1.82. The third-order valence-electron chi connectivity index (χ3n) is 2.35. The lowest BCUT2D eigenvalue weighted by atomic mass is 10.5. The molecule has 0 atom stereocenters. The molecular weight excluding hydrogens is 296 g/mol. The summed E-state index contributed by atoms with van der Waals surface area (Å²) in [6, 6.07) is 0.167. The van der Waals surface area contributed by atoms with Crippen molar-refractivity contribution in [1.29, 1.82) is 0 Å². The van der Waals surface area contributed by atoms with Crippen LogP contribution in [0.5, 0.6) is 6.01 Å². The number of hydrogen-bond donors (Lipinski definition) is 3. The molecule has 3 N–H and O–H groups in total. The highest BCUT2D eigenvalue weighted by atomic mass is 32.2. The van der Waals surface area contributed by atoms with Crippen molar-refractivity contribution in [3.63, 3.8) is 0 Å². The second-order valence-electron chi connectivity index (χ2n) is 4.14. The van der Waals surface area contributed by atoms with E-state index in [9.17, 15) is 8.42 Å². The minimum absolute atomic E-state index is 0.0629. The molecule has 1 aromatic rings. The molecule has 0 unspecified atom stereocenters. The molecule has 1 rings (SSSR count). The molecule has 1 heterocycles. The topological polar surface area (TPSA) is 118 Å². The fourth-order valence-corrected chi connectivity index (χ4v) is 2.39. The van der Waals surface area contributed by atoms with Gasteiger partial charge in [-0.1, -0.05) is 13.8 Å². The van der Waals surface area contributed by atoms with E-state index >= 15 is 0 Å². The average molecular weight is 318 g/mol. The molecule has 0 aliphatic carbocycles. The van der Waals surface area contributed by atoms with E-state index < -0.39 is 10.0 Å². The Morgan fingerprint density at radius 2 is 1.67 bits per heavy atom. The van der Waals surface area contributed by atoms with Crippen molar-refractivity contribution in [2.24, 2.45) is 0 Å². The number of anilines is 2. The summed E-state index contributed by atoms with van der Waals surface area (Å²) in [5, 5.41) is 5.87. The van der Waals surface area contributed by atoms with Gasteiger partial charge in [0.1, 0.15) is 0 Å². The van der Waals surface area contributed by atoms with Crippen LogP contribution in [0.15, 0.2) is 0 Å². The summed E-state index contributed by atoms with van der Waals surface area (Å²) in [4.78, 5) is 12.2. The van der Waals surface area contributed by atoms with Crippen molar-refractivity contribution in [1.82, 2.24) is 19.7 Å². The fraction of sp³-hybridized carbons (Fsp3) is 0.727. The first kappa shape index (κ1) is 17.4. The van der Waals surface area contributed by atoms with Crippen molar-refractivity contribution in [3.8, 4) is 6.01 Å². The van der Waals surface area contributed by atoms with E-state index in [1.165, 1.54) is 7.11 Å². The van der Waals surface area contributed by atoms with Gasteiger partial charge >= 0.3 is 6.01 Å². The van der Waals surface area contributed by atoms with E-state index in [0.29, 0.717) is 12.5 Å². The maximum atomic E-state index is 11.5. The van der Waals surface area contributed by atoms with Crippen LogP contribution in [0, 0.1) is 0 Å². The van der Waals surface area contributed by atoms with Gasteiger partial charge in [0.05, 0.1) is 12.9 Å². The van der Waals surface area contributed by atoms with Crippen LogP contribution in [-0.4, -0.2) is 55.9 Å². The first-order valence-corrected chi connectivity index (χ1v) is 8.41. The van der Waals surface area contributed by atoms with Gasteiger partial charge in [0.15, 0.2) is 0 Å². The molecule has 10 heteroatoms. The highest BCUT2D eigenvalue weighted by Gasteiger charge is 2.10. The van der Waals surface area contributed by atoms with Crippen LogP contribution in [0.3, 0.4) is 0 Å². The van der Waals surface area contributed by atoms with Crippen LogP contribution >= 0.6 is 0 Å². The molecule has 0 radical (unpaired) electrons. The molecule has 21 heavy (non-hydrogen) atoms. The Balaban J connectivity index is 2.65. The monoisotopic (exact) mass is 318 g/mol. The predicted molar refractivity (Wildman–Crippen MR) is 81.1 cm³/mol. The molecule has 1 aromatic heterocycles. The van der Waals surface area contributed by atoms with Gasteiger partial charge in [0, 0.05) is 19.6 Å². The minimum Gasteiger partial charge on any atom is -0.467 e. The summed E-state index contributed by atoms with van der Waals surface area (Å²) in [6.07, 6.45) is 0.928. The maximum Gasteiger partial charge on any atom is 0.322 e. The average Bonchev–Trinajstić information content (AvgIpc) is 2.44. The molecule has 9 nitrogen and oxygen atoms in total. The minimum atomic E-state index is -3.27. The van der Waals surface area contributed by atoms with Crippen molar-refractivity contribution in [3.05, 3.63) is 0 Å². The van der Waals surface area contributed by atoms with Gasteiger partial charge < -0.3 is 15.4 Å². The molecule has 120 valence electrons. The standard InChI is InChI=1S/C11H22N6O3S/c1-4-6-12-9-15-10(17-11(16-9)20-3)13-7-8-21(18,19)14-5-2/h14H,4-8H2,1-3H3,(H2,12,13,15,16,17). The Morgan fingerprint density at radius 1 is 1.05 bits per heavy atom. The zero-order valence-electron chi connectivity index (χ0n) is 12.5. The van der Waals surface area contributed by atoms with Gasteiger partial charge in [0.25, 0.3) is 0 Å². The van der Waals surface area contributed by atoms with Crippen molar-refractivity contribution < 1.29 is 13.2 Å². The third kappa shape index (κ3) is 6.54. The fourth-order valence-electron chi connectivity index (χ4n) is 1.43. The SMILES string of the molecule is CCCNc1nc(NCCS(=O)(=O)NCC)nc(OC)n1. The molecule has 0 spiro atoms. The molecule has 0 bridgehead atoms. The van der Waals surface area contributed by atoms with E-state index in [4.69, 9.17) is 4.74 Å². The number of ether oxygens (including phenoxy) is 1. The van der Waals surface area contributed by atoms with E-state index in [1.807, 2.05) is 6.92 Å². The quantitative estimate of drug-likeness (QED) is 0.554. The van der Waals surface area contributed by atoms with Gasteiger partial charge in [-0.25, -0.2) is 13.1 Å². The molecule has 0 aliphatic heterocycles. The van der Waals surface area contributed by atoms with Gasteiger partial charge in [0.2, 0.25) is 21.9 Å². The van der Waals surface area contributed by atoms with Crippen molar-refractivity contribution in [2.45, 2.75) is 20.3 Å². The molecule has 0 fully saturated rings. The number of nitrogens with zero attached hydrogens (tertiary/aromatic N) is 3. The van der Waals surface area contributed by atoms with Crippen molar-refractivity contribution >= 4 is 21.9 Å². The lowest BCUT2D eigenvalue weighted by Gasteiger charge is -2.09. The van der Waals surface area contributed by atoms with Gasteiger partial charge in [-0.05, 0) is 6.42 Å². The van der Waals surface area contributed by atoms with Crippen LogP contribution in [0.2, 0.25) is 0 Å². The van der Waals surface area contributed by atoms with Gasteiger partial charge in [-0.15, -0.1) is 0 Å². The second-order valence-corrected chi connectivity index (χ2v) is 6.07. The third-order valence-corrected chi connectivity index (χ3v) is 3.82. The number of rotatable bonds is 10. The predicted octanol–water partition coefficient (Wildman–Crippen LogP) is 0.0533. The van der Waals surface area contributed by atoms with Crippen LogP contribution < -0.4 is 20.1 Å². The normalized spacial score (nSPS) is 11.2. The Bertz CT molecular complexity index is 537. The Morgan fingerprint density at radius 3 is 2.19 bits per heavy atom. The Kier molecular flexibility index (Phi) is 7.09. The second kappa shape index (κ2) is 8.57. The van der Waals surface area contributed by atoms with Crippen LogP contribution in [0.25, 0.3) is 0 Å². The largest absolute Gasteiger partial charge is 0.467 e. The molecular formula is C11H22N6O3S. The Hall–Kier alpha value is -1.68. The zero-order valence-corrected chi connectivity index (χ0v) is 13.3. The number of aromatic nitrogens is 3. The first-order chi connectivity index (χ1) is 10.0. The smallest absolute Gasteiger partial charge is 0.322 e. The summed E-state index contributed by atoms with van der Waals surface area (Å²) < 4.78 is 30.4. The highest BCUT2D eigenvalue weighted by molar-refractivity contribution is 7.89. The first-order valence-electron chi connectivity index (χ1n) is 6.76. The highest BCUT2D eigenvalue weighted by Crippen LogP contribution is 2.10. The Labute approximate surface area is 125 Å². The molecule has 0 amide bonds. The van der Waals surface area contributed by atoms with E-state index in [-0.39, 0.29) is 24.3 Å². The molecule has 0 saturated carbocycles. The van der Waals surface area contributed by atoms with Gasteiger partial charge in [-0.3, -0.25) is 0 Å². The van der Waals surface area contributed by atoms with E-state index in [2.05, 4.69) is 30.3 Å². The summed E-state index contributed by atoms with van der Waals surface area (Å²) >= 11 is 0. The molecule has 0 aliphatic rings. The van der Waals surface area contributed by atoms with Gasteiger partial charge in [-0.2, -0.15) is 15.0 Å². The molecule has 0 aromatic carbocycles. The summed E-state index contributed by atoms with van der Waals surface area (Å²) in [6.45, 7) is 5.04. The number of methoxy groups -OCH3 is 1. The maximum absolute atomic E-state index is 11.5. The van der Waals surface area contributed by atoms with E-state index in [0.717, 1.165) is 13.0 Å². The lowest BCUT2D eigenvalue weighted by molar-refractivity contribution is 0.379. The number of nitrogens with one attached hydrogen (secondary N) is 3. The molecule has 0 saturated heterocycles. The summed E-state index contributed by atoms with van der Waals surface area (Å²) in [5.74, 6) is 0.597. The van der Waals surface area contributed by atoms with E-state index in [1.54, 1.807) is 6.92 Å². The van der Waals surface area contributed by atoms with Crippen LogP contribution in [0.1, 0.15) is 20.3 Å². The number of sulfonamides is 1. The van der Waals surface area contributed by atoms with Crippen LogP contribution in [0.4, 0.5) is 11.9 Å². The van der Waals surface area contributed by atoms with Crippen molar-refractivity contribution in [2.75, 3.05) is 43.1 Å². The number of hydrogen-bond acceptors (Lipinski definition) is 8.